The summed E-state index contributed by atoms with van der Waals surface area (Å²) in [5, 5.41) is 12.4. The molecule has 4 nitrogen and oxygen atoms in total. The number of hydrogen-bond acceptors (Lipinski definition) is 2. The average molecular weight is 303 g/mol. The molecule has 22 heavy (non-hydrogen) atoms. The normalized spacial score (nSPS) is 26.6. The van der Waals surface area contributed by atoms with Crippen LogP contribution in [-0.4, -0.2) is 17.0 Å². The Labute approximate surface area is 131 Å². The third-order valence-corrected chi connectivity index (χ3v) is 5.56. The molecular weight excluding hydrogens is 278 g/mol. The maximum absolute atomic E-state index is 12.7. The Balaban J connectivity index is 2.10. The molecule has 0 spiro atoms. The number of nitrogens with one attached hydrogen (secondary N) is 1. The van der Waals surface area contributed by atoms with Crippen LogP contribution in [0.1, 0.15) is 44.7 Å². The van der Waals surface area contributed by atoms with E-state index in [1.807, 2.05) is 52.0 Å². The minimum atomic E-state index is -0.805. The van der Waals surface area contributed by atoms with Gasteiger partial charge in [-0.05, 0) is 30.7 Å². The van der Waals surface area contributed by atoms with E-state index >= 15 is 0 Å². The molecular formula is C18H25NO3. The first-order chi connectivity index (χ1) is 10.2. The zero-order valence-corrected chi connectivity index (χ0v) is 13.8. The maximum atomic E-state index is 12.7. The van der Waals surface area contributed by atoms with E-state index in [4.69, 9.17) is 0 Å². The van der Waals surface area contributed by atoms with Crippen molar-refractivity contribution in [2.24, 2.45) is 16.7 Å². The van der Waals surface area contributed by atoms with Gasteiger partial charge in [0.1, 0.15) is 0 Å². The van der Waals surface area contributed by atoms with Gasteiger partial charge in [0.25, 0.3) is 0 Å². The molecule has 1 aliphatic carbocycles. The van der Waals surface area contributed by atoms with Gasteiger partial charge in [0.15, 0.2) is 0 Å². The molecule has 0 bridgehead atoms. The number of amides is 1. The van der Waals surface area contributed by atoms with Crippen LogP contribution >= 0.6 is 0 Å². The summed E-state index contributed by atoms with van der Waals surface area (Å²) in [5.41, 5.74) is 1.00. The highest BCUT2D eigenvalue weighted by Crippen LogP contribution is 2.56. The van der Waals surface area contributed by atoms with Gasteiger partial charge in [0.05, 0.1) is 11.3 Å². The SMILES string of the molecule is Cc1cccc(CNC(=O)[C@@]2(C)CC[C@H](C(=O)O)C2(C)C)c1. The molecule has 0 unspecified atom stereocenters. The number of rotatable bonds is 4. The summed E-state index contributed by atoms with van der Waals surface area (Å²) >= 11 is 0. The number of aliphatic carboxylic acids is 1. The van der Waals surface area contributed by atoms with E-state index in [9.17, 15) is 14.7 Å². The Morgan fingerprint density at radius 2 is 2.00 bits per heavy atom. The minimum Gasteiger partial charge on any atom is -0.481 e. The lowest BCUT2D eigenvalue weighted by atomic mass is 9.65. The van der Waals surface area contributed by atoms with Crippen molar-refractivity contribution < 1.29 is 14.7 Å². The van der Waals surface area contributed by atoms with Crippen molar-refractivity contribution in [3.8, 4) is 0 Å². The Morgan fingerprint density at radius 3 is 2.55 bits per heavy atom. The van der Waals surface area contributed by atoms with Crippen LogP contribution in [0.3, 0.4) is 0 Å². The molecule has 1 aliphatic rings. The molecule has 2 atom stereocenters. The Kier molecular flexibility index (Phi) is 4.32. The van der Waals surface area contributed by atoms with Gasteiger partial charge in [-0.15, -0.1) is 0 Å². The molecule has 0 aliphatic heterocycles. The summed E-state index contributed by atoms with van der Waals surface area (Å²) in [7, 11) is 0. The molecule has 0 saturated heterocycles. The molecule has 1 amide bonds. The second kappa shape index (κ2) is 5.75. The first kappa shape index (κ1) is 16.5. The fourth-order valence-corrected chi connectivity index (χ4v) is 3.54. The van der Waals surface area contributed by atoms with Crippen molar-refractivity contribution in [3.63, 3.8) is 0 Å². The molecule has 120 valence electrons. The van der Waals surface area contributed by atoms with Crippen molar-refractivity contribution in [2.45, 2.75) is 47.1 Å². The topological polar surface area (TPSA) is 66.4 Å². The number of carboxylic acids is 1. The molecule has 1 aromatic rings. The van der Waals surface area contributed by atoms with E-state index in [1.165, 1.54) is 0 Å². The first-order valence-electron chi connectivity index (χ1n) is 7.75. The van der Waals surface area contributed by atoms with Crippen LogP contribution < -0.4 is 5.32 Å². The zero-order valence-electron chi connectivity index (χ0n) is 13.8. The quantitative estimate of drug-likeness (QED) is 0.898. The number of carbonyl (C=O) groups excluding carboxylic acids is 1. The Hall–Kier alpha value is -1.84. The molecule has 1 fully saturated rings. The van der Waals surface area contributed by atoms with Crippen molar-refractivity contribution in [1.82, 2.24) is 5.32 Å². The number of aryl methyl sites for hydroxylation is 1. The summed E-state index contributed by atoms with van der Waals surface area (Å²) in [6, 6.07) is 8.01. The van der Waals surface area contributed by atoms with Gasteiger partial charge < -0.3 is 10.4 Å². The van der Waals surface area contributed by atoms with Crippen LogP contribution in [0, 0.1) is 23.7 Å². The minimum absolute atomic E-state index is 0.0530. The van der Waals surface area contributed by atoms with Crippen LogP contribution in [0.15, 0.2) is 24.3 Å². The third kappa shape index (κ3) is 2.74. The van der Waals surface area contributed by atoms with Gasteiger partial charge in [-0.3, -0.25) is 9.59 Å². The molecule has 2 rings (SSSR count). The molecule has 2 N–H and O–H groups in total. The van der Waals surface area contributed by atoms with Gasteiger partial charge in [-0.1, -0.05) is 50.6 Å². The molecule has 1 saturated carbocycles. The lowest BCUT2D eigenvalue weighted by molar-refractivity contribution is -0.148. The van der Waals surface area contributed by atoms with Crippen molar-refractivity contribution in [1.29, 1.82) is 0 Å². The summed E-state index contributed by atoms with van der Waals surface area (Å²) < 4.78 is 0. The highest BCUT2D eigenvalue weighted by Gasteiger charge is 2.58. The summed E-state index contributed by atoms with van der Waals surface area (Å²) in [6.07, 6.45) is 1.16. The van der Waals surface area contributed by atoms with E-state index in [2.05, 4.69) is 5.32 Å². The smallest absolute Gasteiger partial charge is 0.307 e. The molecule has 0 radical (unpaired) electrons. The van der Waals surface area contributed by atoms with Gasteiger partial charge in [0.2, 0.25) is 5.91 Å². The molecule has 0 heterocycles. The fraction of sp³-hybridized carbons (Fsp3) is 0.556. The van der Waals surface area contributed by atoms with Gasteiger partial charge >= 0.3 is 5.97 Å². The highest BCUT2D eigenvalue weighted by molar-refractivity contribution is 5.85. The van der Waals surface area contributed by atoms with E-state index in [1.54, 1.807) is 0 Å². The second-order valence-electron chi connectivity index (χ2n) is 7.16. The monoisotopic (exact) mass is 303 g/mol. The van der Waals surface area contributed by atoms with Crippen LogP contribution in [-0.2, 0) is 16.1 Å². The van der Waals surface area contributed by atoms with Gasteiger partial charge in [0, 0.05) is 6.54 Å². The summed E-state index contributed by atoms with van der Waals surface area (Å²) in [6.45, 7) is 8.17. The van der Waals surface area contributed by atoms with E-state index in [0.717, 1.165) is 11.1 Å². The number of hydrogen-bond donors (Lipinski definition) is 2. The third-order valence-electron chi connectivity index (χ3n) is 5.56. The number of carbonyl (C=O) groups is 2. The predicted molar refractivity (Wildman–Crippen MR) is 85.3 cm³/mol. The van der Waals surface area contributed by atoms with E-state index in [-0.39, 0.29) is 5.91 Å². The fourth-order valence-electron chi connectivity index (χ4n) is 3.54. The van der Waals surface area contributed by atoms with Crippen molar-refractivity contribution in [3.05, 3.63) is 35.4 Å². The molecule has 4 heteroatoms. The highest BCUT2D eigenvalue weighted by atomic mass is 16.4. The summed E-state index contributed by atoms with van der Waals surface area (Å²) in [5.74, 6) is -1.33. The number of carboxylic acid groups (broad SMARTS) is 1. The first-order valence-corrected chi connectivity index (χ1v) is 7.75. The molecule has 1 aromatic carbocycles. The van der Waals surface area contributed by atoms with Gasteiger partial charge in [-0.25, -0.2) is 0 Å². The second-order valence-corrected chi connectivity index (χ2v) is 7.16. The van der Waals surface area contributed by atoms with Crippen molar-refractivity contribution in [2.75, 3.05) is 0 Å². The van der Waals surface area contributed by atoms with Crippen LogP contribution in [0.25, 0.3) is 0 Å². The van der Waals surface area contributed by atoms with Crippen LogP contribution in [0.4, 0.5) is 0 Å². The van der Waals surface area contributed by atoms with E-state index < -0.39 is 22.7 Å². The Bertz CT molecular complexity index is 594. The van der Waals surface area contributed by atoms with Crippen molar-refractivity contribution >= 4 is 11.9 Å². The standard InChI is InChI=1S/C18H25NO3/c1-12-6-5-7-13(10-12)11-19-16(22)18(4)9-8-14(15(20)21)17(18,2)3/h5-7,10,14H,8-9,11H2,1-4H3,(H,19,22)(H,20,21)/t14-,18-/m1/s1. The number of benzene rings is 1. The Morgan fingerprint density at radius 1 is 1.32 bits per heavy atom. The predicted octanol–water partition coefficient (Wildman–Crippen LogP) is 3.14. The van der Waals surface area contributed by atoms with E-state index in [0.29, 0.717) is 19.4 Å². The van der Waals surface area contributed by atoms with Crippen LogP contribution in [0.2, 0.25) is 0 Å². The average Bonchev–Trinajstić information content (AvgIpc) is 2.68. The lowest BCUT2D eigenvalue weighted by Gasteiger charge is -2.39. The maximum Gasteiger partial charge on any atom is 0.307 e. The lowest BCUT2D eigenvalue weighted by Crippen LogP contribution is -2.47. The van der Waals surface area contributed by atoms with Gasteiger partial charge in [-0.2, -0.15) is 0 Å². The molecule has 0 aromatic heterocycles. The summed E-state index contributed by atoms with van der Waals surface area (Å²) in [4.78, 5) is 24.1. The zero-order chi connectivity index (χ0) is 16.5. The van der Waals surface area contributed by atoms with Crippen LogP contribution in [0.5, 0.6) is 0 Å². The largest absolute Gasteiger partial charge is 0.481 e.